The number of nitrogens with one attached hydrogen (secondary N) is 3. The Morgan fingerprint density at radius 1 is 1.12 bits per heavy atom. The van der Waals surface area contributed by atoms with Crippen molar-refractivity contribution in [2.24, 2.45) is 11.8 Å². The molecule has 2 aromatic carbocycles. The molecule has 1 fully saturated rings. The topological polar surface area (TPSA) is 129 Å². The number of rotatable bonds is 14. The van der Waals surface area contributed by atoms with Crippen molar-refractivity contribution >= 4 is 29.3 Å². The summed E-state index contributed by atoms with van der Waals surface area (Å²) in [6.07, 6.45) is 2.51. The van der Waals surface area contributed by atoms with Gasteiger partial charge in [0.1, 0.15) is 17.9 Å². The van der Waals surface area contributed by atoms with Crippen molar-refractivity contribution in [1.29, 1.82) is 0 Å². The Kier molecular flexibility index (Phi) is 11.5. The van der Waals surface area contributed by atoms with Crippen LogP contribution in [0.15, 0.2) is 60.7 Å². The van der Waals surface area contributed by atoms with Gasteiger partial charge in [-0.05, 0) is 35.8 Å². The number of ether oxygens (including phenoxy) is 2. The normalized spacial score (nSPS) is 19.2. The highest BCUT2D eigenvalue weighted by Gasteiger charge is 2.45. The molecule has 0 radical (unpaired) electrons. The fourth-order valence-corrected chi connectivity index (χ4v) is 4.68. The zero-order valence-electron chi connectivity index (χ0n) is 23.2. The fourth-order valence-electron chi connectivity index (χ4n) is 4.40. The molecule has 3 rings (SSSR count). The summed E-state index contributed by atoms with van der Waals surface area (Å²) in [5, 5.41) is 19.0. The van der Waals surface area contributed by atoms with Gasteiger partial charge in [-0.1, -0.05) is 67.9 Å². The lowest BCUT2D eigenvalue weighted by Gasteiger charge is -2.20. The number of hydrogen-bond acceptors (Lipinski definition) is 6. The summed E-state index contributed by atoms with van der Waals surface area (Å²) in [5.74, 6) is -1.19. The van der Waals surface area contributed by atoms with Gasteiger partial charge in [-0.15, -0.1) is 0 Å². The highest BCUT2D eigenvalue weighted by atomic mass is 35.5. The van der Waals surface area contributed by atoms with Crippen molar-refractivity contribution in [3.05, 3.63) is 76.8 Å². The van der Waals surface area contributed by atoms with Crippen molar-refractivity contribution in [3.8, 4) is 5.75 Å². The van der Waals surface area contributed by atoms with Gasteiger partial charge >= 0.3 is 0 Å². The van der Waals surface area contributed by atoms with Crippen molar-refractivity contribution in [2.75, 3.05) is 20.7 Å². The van der Waals surface area contributed by atoms with Crippen LogP contribution in [0.4, 0.5) is 0 Å². The van der Waals surface area contributed by atoms with Gasteiger partial charge in [0.25, 0.3) is 0 Å². The molecule has 1 aliphatic rings. The van der Waals surface area contributed by atoms with E-state index in [1.54, 1.807) is 31.2 Å². The van der Waals surface area contributed by atoms with Crippen molar-refractivity contribution < 1.29 is 29.0 Å². The van der Waals surface area contributed by atoms with Crippen LogP contribution in [0.3, 0.4) is 0 Å². The van der Waals surface area contributed by atoms with E-state index in [1.165, 1.54) is 20.2 Å². The van der Waals surface area contributed by atoms with Crippen LogP contribution >= 0.6 is 11.6 Å². The summed E-state index contributed by atoms with van der Waals surface area (Å²) in [7, 11) is 3.04. The Balaban J connectivity index is 1.58. The molecule has 0 aromatic heterocycles. The van der Waals surface area contributed by atoms with Crippen molar-refractivity contribution in [3.63, 3.8) is 0 Å². The highest BCUT2D eigenvalue weighted by molar-refractivity contribution is 6.32. The van der Waals surface area contributed by atoms with E-state index >= 15 is 0 Å². The van der Waals surface area contributed by atoms with Gasteiger partial charge in [0.15, 0.2) is 0 Å². The molecule has 9 nitrogen and oxygen atoms in total. The van der Waals surface area contributed by atoms with Crippen LogP contribution < -0.4 is 20.7 Å². The minimum absolute atomic E-state index is 0.0324. The molecule has 1 aliphatic heterocycles. The van der Waals surface area contributed by atoms with E-state index in [0.29, 0.717) is 10.8 Å². The molecular weight excluding hydrogens is 534 g/mol. The monoisotopic (exact) mass is 571 g/mol. The molecule has 216 valence electrons. The molecule has 0 unspecified atom stereocenters. The molecule has 10 heteroatoms. The van der Waals surface area contributed by atoms with E-state index in [-0.39, 0.29) is 43.4 Å². The van der Waals surface area contributed by atoms with E-state index in [2.05, 4.69) is 16.0 Å². The minimum atomic E-state index is -0.922. The third-order valence-corrected chi connectivity index (χ3v) is 7.29. The van der Waals surface area contributed by atoms with Gasteiger partial charge in [-0.3, -0.25) is 14.4 Å². The smallest absolute Gasteiger partial charge is 0.244 e. The Morgan fingerprint density at radius 3 is 2.50 bits per heavy atom. The van der Waals surface area contributed by atoms with Crippen molar-refractivity contribution in [2.45, 2.75) is 51.0 Å². The van der Waals surface area contributed by atoms with E-state index in [4.69, 9.17) is 21.1 Å². The summed E-state index contributed by atoms with van der Waals surface area (Å²) in [5.41, 5.74) is 1.80. The van der Waals surface area contributed by atoms with Gasteiger partial charge in [-0.25, -0.2) is 0 Å². The number of carbonyl (C=O) groups is 3. The summed E-state index contributed by atoms with van der Waals surface area (Å²) < 4.78 is 11.0. The third-order valence-electron chi connectivity index (χ3n) is 6.99. The minimum Gasteiger partial charge on any atom is -0.495 e. The molecule has 0 spiro atoms. The summed E-state index contributed by atoms with van der Waals surface area (Å²) in [4.78, 5) is 37.6. The Labute approximate surface area is 240 Å². The average Bonchev–Trinajstić information content (AvgIpc) is 3.76. The highest BCUT2D eigenvalue weighted by Crippen LogP contribution is 2.44. The first-order valence-corrected chi connectivity index (χ1v) is 13.7. The predicted molar refractivity (Wildman–Crippen MR) is 153 cm³/mol. The molecular formula is C30H38ClN3O6. The molecule has 0 bridgehead atoms. The van der Waals surface area contributed by atoms with E-state index in [9.17, 15) is 19.5 Å². The summed E-state index contributed by atoms with van der Waals surface area (Å²) in [6, 6.07) is 14.1. The van der Waals surface area contributed by atoms with Crippen LogP contribution in [0, 0.1) is 11.8 Å². The molecule has 2 aromatic rings. The lowest BCUT2D eigenvalue weighted by atomic mass is 9.94. The van der Waals surface area contributed by atoms with Gasteiger partial charge in [0.05, 0.1) is 30.3 Å². The summed E-state index contributed by atoms with van der Waals surface area (Å²) >= 11 is 6.24. The first-order valence-electron chi connectivity index (χ1n) is 13.3. The van der Waals surface area contributed by atoms with Crippen LogP contribution in [0.25, 0.3) is 0 Å². The van der Waals surface area contributed by atoms with Crippen LogP contribution in [0.1, 0.15) is 37.5 Å². The Hall–Kier alpha value is -3.40. The second kappa shape index (κ2) is 14.8. The van der Waals surface area contributed by atoms with Crippen LogP contribution in [0.5, 0.6) is 5.75 Å². The van der Waals surface area contributed by atoms with E-state index < -0.39 is 29.9 Å². The second-order valence-electron chi connectivity index (χ2n) is 9.99. The number of hydrogen-bond donors (Lipinski definition) is 4. The molecule has 6 atom stereocenters. The number of methoxy groups -OCH3 is 1. The first kappa shape index (κ1) is 31.1. The maximum atomic E-state index is 13.0. The number of epoxide rings is 1. The maximum absolute atomic E-state index is 13.0. The largest absolute Gasteiger partial charge is 0.495 e. The second-order valence-corrected chi connectivity index (χ2v) is 10.4. The zero-order chi connectivity index (χ0) is 29.2. The lowest BCUT2D eigenvalue weighted by Crippen LogP contribution is -2.49. The van der Waals surface area contributed by atoms with E-state index in [0.717, 1.165) is 11.1 Å². The molecule has 1 heterocycles. The van der Waals surface area contributed by atoms with Crippen LogP contribution in [-0.4, -0.2) is 61.8 Å². The number of benzene rings is 2. The maximum Gasteiger partial charge on any atom is 0.244 e. The van der Waals surface area contributed by atoms with E-state index in [1.807, 2.05) is 37.3 Å². The van der Waals surface area contributed by atoms with Gasteiger partial charge in [0.2, 0.25) is 17.7 Å². The van der Waals surface area contributed by atoms with Crippen LogP contribution in [-0.2, 0) is 25.5 Å². The molecule has 1 saturated heterocycles. The standard InChI is InChI=1S/C30H38ClN3O6/c1-18(29(37)32-3)17-33-30(38)23(16-20-13-14-25(39-4)22(31)15-20)34-26(36)12-8-11-24(35)19(2)27-28(40-27)21-9-6-5-7-10-21/h5-10,12-15,18-19,23-24,27-28,35H,11,16-17H2,1-4H3,(H,32,37)(H,33,38)(H,34,36)/b12-8+/t18-,19+,23+,24+,27-,28+/m0/s1. The number of carbonyl (C=O) groups excluding carboxylic acids is 3. The molecule has 4 N–H and O–H groups in total. The average molecular weight is 572 g/mol. The van der Waals surface area contributed by atoms with Gasteiger partial charge < -0.3 is 30.5 Å². The van der Waals surface area contributed by atoms with Gasteiger partial charge in [0, 0.05) is 25.9 Å². The zero-order valence-corrected chi connectivity index (χ0v) is 24.0. The molecule has 0 saturated carbocycles. The summed E-state index contributed by atoms with van der Waals surface area (Å²) in [6.45, 7) is 3.73. The third kappa shape index (κ3) is 8.81. The molecule has 40 heavy (non-hydrogen) atoms. The SMILES string of the molecule is CNC(=O)[C@@H](C)CNC(=O)[C@@H](Cc1ccc(OC)c(Cl)c1)NC(=O)/C=C/C[C@@H](O)[C@@H](C)[C@@H]1O[C@@H]1c1ccccc1. The number of aliphatic hydroxyl groups is 1. The molecule has 3 amide bonds. The van der Waals surface area contributed by atoms with Crippen LogP contribution in [0.2, 0.25) is 5.02 Å². The van der Waals surface area contributed by atoms with Crippen molar-refractivity contribution in [1.82, 2.24) is 16.0 Å². The quantitative estimate of drug-likeness (QED) is 0.204. The Bertz CT molecular complexity index is 1190. The molecule has 0 aliphatic carbocycles. The number of aliphatic hydroxyl groups excluding tert-OH is 1. The first-order chi connectivity index (χ1) is 19.1. The Morgan fingerprint density at radius 2 is 1.85 bits per heavy atom. The van der Waals surface area contributed by atoms with Gasteiger partial charge in [-0.2, -0.15) is 0 Å². The number of amides is 3. The lowest BCUT2D eigenvalue weighted by molar-refractivity contribution is -0.128. The number of halogens is 1. The predicted octanol–water partition coefficient (Wildman–Crippen LogP) is 2.96. The fraction of sp³-hybridized carbons (Fsp3) is 0.433.